The van der Waals surface area contributed by atoms with Crippen LogP contribution in [0, 0.1) is 18.3 Å². The summed E-state index contributed by atoms with van der Waals surface area (Å²) in [6, 6.07) is 27.2. The first-order chi connectivity index (χ1) is 19.2. The van der Waals surface area contributed by atoms with Crippen LogP contribution in [0.25, 0.3) is 27.6 Å². The summed E-state index contributed by atoms with van der Waals surface area (Å²) in [5.41, 5.74) is 7.25. The fourth-order valence-corrected chi connectivity index (χ4v) is 9.18. The first kappa shape index (κ1) is 24.6. The molecule has 0 N–H and O–H groups in total. The Labute approximate surface area is 236 Å². The average molecular weight is 523 g/mol. The van der Waals surface area contributed by atoms with Gasteiger partial charge in [-0.3, -0.25) is 0 Å². The summed E-state index contributed by atoms with van der Waals surface area (Å²) in [4.78, 5) is 0. The summed E-state index contributed by atoms with van der Waals surface area (Å²) < 4.78 is 0. The number of terminal acetylenes is 1. The molecule has 0 bridgehead atoms. The van der Waals surface area contributed by atoms with E-state index in [4.69, 9.17) is 6.42 Å². The van der Waals surface area contributed by atoms with E-state index in [2.05, 4.69) is 123 Å². The Hall–Kier alpha value is -3.47. The van der Waals surface area contributed by atoms with Crippen LogP contribution in [-0.4, -0.2) is 10.5 Å². The molecule has 4 aromatic carbocycles. The molecule has 0 nitrogen and oxygen atoms in total. The van der Waals surface area contributed by atoms with Gasteiger partial charge in [0.1, 0.15) is 0 Å². The topological polar surface area (TPSA) is 0 Å². The number of hydrogen-bond acceptors (Lipinski definition) is 1. The molecular weight excluding hydrogens is 488 g/mol. The van der Waals surface area contributed by atoms with Gasteiger partial charge in [0.25, 0.3) is 0 Å². The predicted octanol–water partition coefficient (Wildman–Crippen LogP) is 10.0. The molecule has 0 aromatic heterocycles. The molecule has 4 aromatic rings. The lowest BCUT2D eigenvalue weighted by atomic mass is 9.73. The van der Waals surface area contributed by atoms with Crippen molar-refractivity contribution in [3.05, 3.63) is 125 Å². The molecule has 7 rings (SSSR count). The summed E-state index contributed by atoms with van der Waals surface area (Å²) in [5, 5.41) is 6.18. The van der Waals surface area contributed by atoms with Crippen molar-refractivity contribution in [2.75, 3.05) is 0 Å². The van der Waals surface area contributed by atoms with Crippen LogP contribution in [0.5, 0.6) is 0 Å². The highest BCUT2D eigenvalue weighted by Gasteiger charge is 2.42. The fourth-order valence-electron chi connectivity index (χ4n) is 7.47. The highest BCUT2D eigenvalue weighted by atomic mass is 32.2. The second-order valence-corrected chi connectivity index (χ2v) is 12.7. The smallest absolute Gasteiger partial charge is 0.0726 e. The Bertz CT molecular complexity index is 1710. The Balaban J connectivity index is 1.27. The Kier molecular flexibility index (Phi) is 6.25. The van der Waals surface area contributed by atoms with Crippen molar-refractivity contribution in [2.24, 2.45) is 5.92 Å². The lowest BCUT2D eigenvalue weighted by Gasteiger charge is -2.31. The van der Waals surface area contributed by atoms with Crippen LogP contribution in [0.15, 0.2) is 103 Å². The van der Waals surface area contributed by atoms with Crippen molar-refractivity contribution >= 4 is 39.4 Å². The van der Waals surface area contributed by atoms with Gasteiger partial charge in [0.2, 0.25) is 0 Å². The van der Waals surface area contributed by atoms with Crippen molar-refractivity contribution in [1.82, 2.24) is 0 Å². The Morgan fingerprint density at radius 2 is 1.51 bits per heavy atom. The lowest BCUT2D eigenvalue weighted by molar-refractivity contribution is 0.570. The van der Waals surface area contributed by atoms with Crippen LogP contribution in [0.1, 0.15) is 66.7 Å². The van der Waals surface area contributed by atoms with E-state index in [1.165, 1.54) is 56.6 Å². The van der Waals surface area contributed by atoms with Crippen LogP contribution in [-0.2, 0) is 0 Å². The van der Waals surface area contributed by atoms with Gasteiger partial charge in [0, 0.05) is 23.0 Å². The van der Waals surface area contributed by atoms with Gasteiger partial charge in [-0.05, 0) is 56.1 Å². The van der Waals surface area contributed by atoms with E-state index >= 15 is 0 Å². The number of rotatable bonds is 4. The minimum atomic E-state index is 0.285. The van der Waals surface area contributed by atoms with Crippen LogP contribution >= 0.6 is 11.8 Å². The molecule has 1 saturated heterocycles. The molecule has 39 heavy (non-hydrogen) atoms. The standard InChI is InChI=1S/C38H34S/c1-4-12-32-35-20-11-19-28(38(35)39-36(32)5-2)26-14-10-13-25(23-26)27-21-22-34-31-17-7-6-15-29(31)30-16-8-9-18-33(30)37(34)24(27)3/h2,6-11,13-24,27-28,32,36,38H,4,12H2,1,3H3. The van der Waals surface area contributed by atoms with Crippen molar-refractivity contribution in [2.45, 2.75) is 54.9 Å². The summed E-state index contributed by atoms with van der Waals surface area (Å²) in [5.74, 6) is 4.71. The third-order valence-electron chi connectivity index (χ3n) is 9.27. The molecule has 0 spiro atoms. The van der Waals surface area contributed by atoms with Gasteiger partial charge in [0.05, 0.1) is 5.25 Å². The fraction of sp³-hybridized carbons (Fsp3) is 0.263. The minimum absolute atomic E-state index is 0.285. The zero-order valence-electron chi connectivity index (χ0n) is 22.7. The second kappa shape index (κ2) is 9.93. The first-order valence-electron chi connectivity index (χ1n) is 14.4. The van der Waals surface area contributed by atoms with E-state index in [1.54, 1.807) is 5.57 Å². The van der Waals surface area contributed by atoms with Crippen LogP contribution in [0.3, 0.4) is 0 Å². The van der Waals surface area contributed by atoms with Gasteiger partial charge in [-0.15, -0.1) is 18.2 Å². The van der Waals surface area contributed by atoms with Crippen LogP contribution < -0.4 is 0 Å². The molecule has 0 saturated carbocycles. The molecule has 1 heterocycles. The normalized spacial score (nSPS) is 27.3. The zero-order chi connectivity index (χ0) is 26.5. The number of fused-ring (bicyclic) bond motifs is 7. The van der Waals surface area contributed by atoms with E-state index in [1.807, 2.05) is 11.8 Å². The molecule has 1 fully saturated rings. The minimum Gasteiger partial charge on any atom is -0.136 e. The molecule has 1 heteroatoms. The predicted molar refractivity (Wildman–Crippen MR) is 170 cm³/mol. The maximum Gasteiger partial charge on any atom is 0.0726 e. The van der Waals surface area contributed by atoms with Crippen molar-refractivity contribution in [3.8, 4) is 12.3 Å². The highest BCUT2D eigenvalue weighted by Crippen LogP contribution is 2.52. The van der Waals surface area contributed by atoms with Crippen molar-refractivity contribution in [1.29, 1.82) is 0 Å². The van der Waals surface area contributed by atoms with Gasteiger partial charge < -0.3 is 0 Å². The maximum atomic E-state index is 6.02. The van der Waals surface area contributed by atoms with Crippen molar-refractivity contribution in [3.63, 3.8) is 0 Å². The third kappa shape index (κ3) is 3.92. The third-order valence-corrected chi connectivity index (χ3v) is 10.9. The van der Waals surface area contributed by atoms with Gasteiger partial charge in [-0.2, -0.15) is 0 Å². The monoisotopic (exact) mass is 522 g/mol. The summed E-state index contributed by atoms with van der Waals surface area (Å²) in [6.07, 6.45) is 20.2. The number of allylic oxidation sites excluding steroid dienone is 4. The number of benzene rings is 4. The number of thioether (sulfide) groups is 1. The van der Waals surface area contributed by atoms with E-state index in [-0.39, 0.29) is 5.25 Å². The van der Waals surface area contributed by atoms with Gasteiger partial charge in [0.15, 0.2) is 0 Å². The molecule has 6 atom stereocenters. The maximum absolute atomic E-state index is 6.02. The largest absolute Gasteiger partial charge is 0.136 e. The molecule has 0 radical (unpaired) electrons. The first-order valence-corrected chi connectivity index (χ1v) is 15.3. The second-order valence-electron chi connectivity index (χ2n) is 11.4. The summed E-state index contributed by atoms with van der Waals surface area (Å²) >= 11 is 2.01. The zero-order valence-corrected chi connectivity index (χ0v) is 23.5. The Morgan fingerprint density at radius 1 is 0.821 bits per heavy atom. The van der Waals surface area contributed by atoms with E-state index in [0.29, 0.717) is 28.9 Å². The van der Waals surface area contributed by atoms with Gasteiger partial charge in [-0.25, -0.2) is 0 Å². The summed E-state index contributed by atoms with van der Waals surface area (Å²) in [6.45, 7) is 4.69. The van der Waals surface area contributed by atoms with E-state index in [0.717, 1.165) is 0 Å². The molecule has 3 aliphatic rings. The quantitative estimate of drug-likeness (QED) is 0.190. The average Bonchev–Trinajstić information content (AvgIpc) is 3.35. The van der Waals surface area contributed by atoms with E-state index < -0.39 is 0 Å². The highest BCUT2D eigenvalue weighted by molar-refractivity contribution is 8.01. The van der Waals surface area contributed by atoms with Crippen molar-refractivity contribution < 1.29 is 0 Å². The Morgan fingerprint density at radius 3 is 2.26 bits per heavy atom. The van der Waals surface area contributed by atoms with Crippen LogP contribution in [0.4, 0.5) is 0 Å². The SMILES string of the molecule is C#CC1SC2C(=CC=CC2c2cccc(C3C=Cc4c(c5ccccc5c5ccccc45)C3C)c2)C1CCC. The van der Waals surface area contributed by atoms with E-state index in [9.17, 15) is 0 Å². The molecule has 1 aliphatic heterocycles. The molecule has 6 unspecified atom stereocenters. The number of hydrogen-bond donors (Lipinski definition) is 0. The molecule has 192 valence electrons. The van der Waals surface area contributed by atoms with Crippen LogP contribution in [0.2, 0.25) is 0 Å². The molecule has 0 amide bonds. The van der Waals surface area contributed by atoms with Gasteiger partial charge in [-0.1, -0.05) is 135 Å². The van der Waals surface area contributed by atoms with Gasteiger partial charge >= 0.3 is 0 Å². The lowest BCUT2D eigenvalue weighted by Crippen LogP contribution is -2.19. The molecule has 2 aliphatic carbocycles. The molecular formula is C38H34S. The summed E-state index contributed by atoms with van der Waals surface area (Å²) in [7, 11) is 0.